The number of anilines is 1. The van der Waals surface area contributed by atoms with Crippen molar-refractivity contribution in [3.05, 3.63) is 51.4 Å². The van der Waals surface area contributed by atoms with Crippen LogP contribution in [0.5, 0.6) is 0 Å². The highest BCUT2D eigenvalue weighted by Crippen LogP contribution is 2.39. The topological polar surface area (TPSA) is 128 Å². The third-order valence-electron chi connectivity index (χ3n) is 4.18. The van der Waals surface area contributed by atoms with Crippen LogP contribution < -0.4 is 16.4 Å². The van der Waals surface area contributed by atoms with Gasteiger partial charge in [-0.3, -0.25) is 14.9 Å². The molecule has 1 aliphatic carbocycles. The van der Waals surface area contributed by atoms with Gasteiger partial charge in [-0.05, 0) is 49.1 Å². The molecule has 0 unspecified atom stereocenters. The molecule has 0 aliphatic heterocycles. The third-order valence-corrected chi connectivity index (χ3v) is 5.39. The van der Waals surface area contributed by atoms with Crippen LogP contribution in [-0.2, 0) is 17.6 Å². The average molecular weight is 387 g/mol. The van der Waals surface area contributed by atoms with Crippen LogP contribution in [0.1, 0.15) is 47.9 Å². The molecule has 2 aromatic rings. The second-order valence-electron chi connectivity index (χ2n) is 5.90. The Bertz CT molecular complexity index is 933. The molecule has 4 N–H and O–H groups in total. The molecule has 0 atom stereocenters. The largest absolute Gasteiger partial charge is 0.465 e. The Hall–Kier alpha value is -3.20. The summed E-state index contributed by atoms with van der Waals surface area (Å²) in [5, 5.41) is 5.16. The summed E-state index contributed by atoms with van der Waals surface area (Å²) >= 11 is 1.32. The van der Waals surface area contributed by atoms with Crippen molar-refractivity contribution >= 4 is 40.2 Å². The number of urea groups is 1. The first-order chi connectivity index (χ1) is 12.9. The van der Waals surface area contributed by atoms with Crippen molar-refractivity contribution in [3.8, 4) is 0 Å². The number of methoxy groups -OCH3 is 1. The SMILES string of the molecule is COC(=O)c1ccc(C(=O)Nc2sc3c(c2C(=O)NC(N)=O)CCC3)cc1. The number of carbonyl (C=O) groups is 4. The van der Waals surface area contributed by atoms with E-state index < -0.39 is 23.8 Å². The molecular weight excluding hydrogens is 370 g/mol. The number of aryl methyl sites for hydroxylation is 1. The third kappa shape index (κ3) is 3.82. The number of hydrogen-bond acceptors (Lipinski definition) is 6. The van der Waals surface area contributed by atoms with Crippen molar-refractivity contribution in [1.82, 2.24) is 5.32 Å². The molecule has 0 bridgehead atoms. The highest BCUT2D eigenvalue weighted by atomic mass is 32.1. The molecule has 1 aliphatic rings. The monoisotopic (exact) mass is 387 g/mol. The lowest BCUT2D eigenvalue weighted by atomic mass is 10.1. The number of nitrogens with one attached hydrogen (secondary N) is 2. The lowest BCUT2D eigenvalue weighted by Crippen LogP contribution is -2.35. The first-order valence-corrected chi connectivity index (χ1v) is 8.97. The fraction of sp³-hybridized carbons (Fsp3) is 0.222. The van der Waals surface area contributed by atoms with Gasteiger partial charge in [-0.25, -0.2) is 9.59 Å². The number of amides is 4. The van der Waals surface area contributed by atoms with Gasteiger partial charge in [0.15, 0.2) is 0 Å². The molecule has 3 rings (SSSR count). The molecule has 27 heavy (non-hydrogen) atoms. The molecule has 0 radical (unpaired) electrons. The quantitative estimate of drug-likeness (QED) is 0.692. The van der Waals surface area contributed by atoms with Crippen molar-refractivity contribution in [3.63, 3.8) is 0 Å². The number of fused-ring (bicyclic) bond motifs is 1. The van der Waals surface area contributed by atoms with Gasteiger partial charge < -0.3 is 15.8 Å². The standard InChI is InChI=1S/C18H17N3O5S/c1-26-17(24)10-7-5-9(6-8-10)14(22)20-16-13(15(23)21-18(19)25)11-3-2-4-12(11)27-16/h5-8H,2-4H2,1H3,(H,20,22)(H3,19,21,23,25). The van der Waals surface area contributed by atoms with Crippen LogP contribution in [0, 0.1) is 0 Å². The molecule has 1 aromatic heterocycles. The number of carbonyl (C=O) groups excluding carboxylic acids is 4. The average Bonchev–Trinajstić information content (AvgIpc) is 3.21. The zero-order valence-electron chi connectivity index (χ0n) is 14.5. The maximum Gasteiger partial charge on any atom is 0.337 e. The van der Waals surface area contributed by atoms with E-state index in [1.807, 2.05) is 0 Å². The number of imide groups is 1. The Kier molecular flexibility index (Phi) is 5.22. The van der Waals surface area contributed by atoms with Gasteiger partial charge in [0, 0.05) is 10.4 Å². The molecule has 8 nitrogen and oxygen atoms in total. The fourth-order valence-corrected chi connectivity index (χ4v) is 4.24. The van der Waals surface area contributed by atoms with Gasteiger partial charge >= 0.3 is 12.0 Å². The summed E-state index contributed by atoms with van der Waals surface area (Å²) in [7, 11) is 1.28. The molecule has 0 fully saturated rings. The predicted octanol–water partition coefficient (Wildman–Crippen LogP) is 2.08. The van der Waals surface area contributed by atoms with Crippen LogP contribution in [0.2, 0.25) is 0 Å². The summed E-state index contributed by atoms with van der Waals surface area (Å²) in [6.45, 7) is 0. The summed E-state index contributed by atoms with van der Waals surface area (Å²) in [5.41, 5.74) is 6.81. The highest BCUT2D eigenvalue weighted by molar-refractivity contribution is 7.17. The van der Waals surface area contributed by atoms with Crippen molar-refractivity contribution < 1.29 is 23.9 Å². The molecule has 140 valence electrons. The summed E-state index contributed by atoms with van der Waals surface area (Å²) < 4.78 is 4.62. The molecular formula is C18H17N3O5S. The van der Waals surface area contributed by atoms with Crippen LogP contribution in [0.15, 0.2) is 24.3 Å². The summed E-state index contributed by atoms with van der Waals surface area (Å²) in [6, 6.07) is 5.00. The van der Waals surface area contributed by atoms with Crippen LogP contribution in [0.4, 0.5) is 9.80 Å². The number of thiophene rings is 1. The van der Waals surface area contributed by atoms with Gasteiger partial charge in [-0.2, -0.15) is 0 Å². The van der Waals surface area contributed by atoms with E-state index >= 15 is 0 Å². The Morgan fingerprint density at radius 3 is 2.33 bits per heavy atom. The number of ether oxygens (including phenoxy) is 1. The Balaban J connectivity index is 1.85. The highest BCUT2D eigenvalue weighted by Gasteiger charge is 2.28. The molecule has 0 spiro atoms. The van der Waals surface area contributed by atoms with Crippen LogP contribution in [0.3, 0.4) is 0 Å². The number of hydrogen-bond donors (Lipinski definition) is 3. The predicted molar refractivity (Wildman–Crippen MR) is 99.1 cm³/mol. The molecule has 0 saturated carbocycles. The van der Waals surface area contributed by atoms with Crippen LogP contribution >= 0.6 is 11.3 Å². The lowest BCUT2D eigenvalue weighted by Gasteiger charge is -2.08. The summed E-state index contributed by atoms with van der Waals surface area (Å²) in [6.07, 6.45) is 2.44. The minimum atomic E-state index is -0.950. The Labute approximate surface area is 158 Å². The van der Waals surface area contributed by atoms with E-state index in [1.165, 1.54) is 42.7 Å². The van der Waals surface area contributed by atoms with Crippen molar-refractivity contribution in [2.45, 2.75) is 19.3 Å². The molecule has 9 heteroatoms. The number of rotatable bonds is 4. The first kappa shape index (κ1) is 18.6. The molecule has 1 aromatic carbocycles. The van der Waals surface area contributed by atoms with Gasteiger partial charge in [0.05, 0.1) is 18.2 Å². The Morgan fingerprint density at radius 2 is 1.70 bits per heavy atom. The van der Waals surface area contributed by atoms with E-state index in [-0.39, 0.29) is 5.56 Å². The first-order valence-electron chi connectivity index (χ1n) is 8.15. The molecule has 4 amide bonds. The smallest absolute Gasteiger partial charge is 0.337 e. The van der Waals surface area contributed by atoms with E-state index in [0.29, 0.717) is 22.5 Å². The summed E-state index contributed by atoms with van der Waals surface area (Å²) in [4.78, 5) is 48.4. The molecule has 1 heterocycles. The molecule has 0 saturated heterocycles. The maximum atomic E-state index is 12.5. The second kappa shape index (κ2) is 7.58. The van der Waals surface area contributed by atoms with Gasteiger partial charge in [-0.15, -0.1) is 11.3 Å². The minimum Gasteiger partial charge on any atom is -0.465 e. The maximum absolute atomic E-state index is 12.5. The number of benzene rings is 1. The number of primary amides is 1. The lowest BCUT2D eigenvalue weighted by molar-refractivity contribution is 0.0600. The van der Waals surface area contributed by atoms with Gasteiger partial charge in [0.2, 0.25) is 0 Å². The van der Waals surface area contributed by atoms with Crippen LogP contribution in [0.25, 0.3) is 0 Å². The van der Waals surface area contributed by atoms with Crippen LogP contribution in [-0.4, -0.2) is 30.9 Å². The van der Waals surface area contributed by atoms with E-state index in [2.05, 4.69) is 15.4 Å². The van der Waals surface area contributed by atoms with Gasteiger partial charge in [0.25, 0.3) is 11.8 Å². The zero-order valence-corrected chi connectivity index (χ0v) is 15.3. The second-order valence-corrected chi connectivity index (χ2v) is 7.01. The normalized spacial score (nSPS) is 12.2. The van der Waals surface area contributed by atoms with Crippen molar-refractivity contribution in [2.75, 3.05) is 12.4 Å². The van der Waals surface area contributed by atoms with E-state index in [9.17, 15) is 19.2 Å². The van der Waals surface area contributed by atoms with E-state index in [0.717, 1.165) is 23.3 Å². The van der Waals surface area contributed by atoms with Crippen molar-refractivity contribution in [2.24, 2.45) is 5.73 Å². The van der Waals surface area contributed by atoms with E-state index in [1.54, 1.807) is 0 Å². The van der Waals surface area contributed by atoms with Crippen molar-refractivity contribution in [1.29, 1.82) is 0 Å². The van der Waals surface area contributed by atoms with E-state index in [4.69, 9.17) is 5.73 Å². The minimum absolute atomic E-state index is 0.283. The van der Waals surface area contributed by atoms with Gasteiger partial charge in [-0.1, -0.05) is 0 Å². The number of nitrogens with two attached hydrogens (primary N) is 1. The van der Waals surface area contributed by atoms with Gasteiger partial charge in [0.1, 0.15) is 5.00 Å². The summed E-state index contributed by atoms with van der Waals surface area (Å²) in [5.74, 6) is -1.56. The fourth-order valence-electron chi connectivity index (χ4n) is 2.96. The zero-order chi connectivity index (χ0) is 19.6. The number of esters is 1. The Morgan fingerprint density at radius 1 is 1.04 bits per heavy atom.